The van der Waals surface area contributed by atoms with Gasteiger partial charge in [0.1, 0.15) is 11.3 Å². The summed E-state index contributed by atoms with van der Waals surface area (Å²) in [6.07, 6.45) is -3.67. The van der Waals surface area contributed by atoms with E-state index in [4.69, 9.17) is 16.0 Å². The first kappa shape index (κ1) is 16.9. The van der Waals surface area contributed by atoms with Crippen molar-refractivity contribution in [2.75, 3.05) is 0 Å². The van der Waals surface area contributed by atoms with Crippen molar-refractivity contribution in [1.29, 1.82) is 0 Å². The van der Waals surface area contributed by atoms with Gasteiger partial charge in [-0.3, -0.25) is 0 Å². The Morgan fingerprint density at radius 3 is 2.50 bits per heavy atom. The maximum atomic E-state index is 13.3. The minimum atomic E-state index is -4.45. The monoisotopic (exact) mass is 352 g/mol. The van der Waals surface area contributed by atoms with Crippen molar-refractivity contribution in [3.05, 3.63) is 69.4 Å². The molecule has 0 fully saturated rings. The number of halogens is 4. The summed E-state index contributed by atoms with van der Waals surface area (Å²) in [5.41, 5.74) is 2.16. The summed E-state index contributed by atoms with van der Waals surface area (Å²) in [5, 5.41) is 1.03. The summed E-state index contributed by atoms with van der Waals surface area (Å²) < 4.78 is 45.7. The normalized spacial score (nSPS) is 12.1. The minimum absolute atomic E-state index is 0.0713. The lowest BCUT2D eigenvalue weighted by Crippen LogP contribution is -2.09. The van der Waals surface area contributed by atoms with Crippen LogP contribution < -0.4 is 0 Å². The second kappa shape index (κ2) is 6.17. The molecule has 0 spiro atoms. The molecule has 0 N–H and O–H groups in total. The molecule has 5 heteroatoms. The van der Waals surface area contributed by atoms with Gasteiger partial charge in [0.2, 0.25) is 0 Å². The summed E-state index contributed by atoms with van der Waals surface area (Å²) in [6, 6.07) is 9.71. The Hall–Kier alpha value is -1.94. The maximum absolute atomic E-state index is 13.3. The molecule has 0 atom stereocenters. The van der Waals surface area contributed by atoms with Crippen LogP contribution >= 0.6 is 11.6 Å². The van der Waals surface area contributed by atoms with Crippen LogP contribution in [0.5, 0.6) is 0 Å². The number of benzene rings is 2. The third-order valence-corrected chi connectivity index (χ3v) is 4.35. The Bertz CT molecular complexity index is 893. The fourth-order valence-electron chi connectivity index (χ4n) is 2.98. The molecule has 0 aliphatic carbocycles. The zero-order valence-electron chi connectivity index (χ0n) is 13.3. The summed E-state index contributed by atoms with van der Waals surface area (Å²) >= 11 is 5.74. The predicted octanol–water partition coefficient (Wildman–Crippen LogP) is 6.57. The summed E-state index contributed by atoms with van der Waals surface area (Å²) in [7, 11) is 0. The highest BCUT2D eigenvalue weighted by atomic mass is 35.5. The maximum Gasteiger partial charge on any atom is 0.416 e. The number of aryl methyl sites for hydroxylation is 2. The van der Waals surface area contributed by atoms with Crippen LogP contribution in [0.4, 0.5) is 13.2 Å². The molecule has 3 rings (SSSR count). The van der Waals surface area contributed by atoms with E-state index in [1.165, 1.54) is 12.1 Å². The Morgan fingerprint density at radius 2 is 1.83 bits per heavy atom. The van der Waals surface area contributed by atoms with Crippen molar-refractivity contribution >= 4 is 22.6 Å². The van der Waals surface area contributed by atoms with Gasteiger partial charge >= 0.3 is 6.18 Å². The predicted molar refractivity (Wildman–Crippen MR) is 89.6 cm³/mol. The van der Waals surface area contributed by atoms with E-state index in [1.807, 2.05) is 32.0 Å². The molecular weight excluding hydrogens is 337 g/mol. The van der Waals surface area contributed by atoms with Gasteiger partial charge in [0.05, 0.1) is 5.56 Å². The van der Waals surface area contributed by atoms with Gasteiger partial charge in [0.15, 0.2) is 0 Å². The van der Waals surface area contributed by atoms with E-state index in [2.05, 4.69) is 0 Å². The quantitative estimate of drug-likeness (QED) is 0.519. The lowest BCUT2D eigenvalue weighted by atomic mass is 9.99. The molecule has 1 aromatic heterocycles. The lowest BCUT2D eigenvalue weighted by molar-refractivity contribution is -0.138. The molecule has 0 aliphatic rings. The molecule has 0 bridgehead atoms. The van der Waals surface area contributed by atoms with E-state index >= 15 is 0 Å². The molecule has 0 aliphatic heterocycles. The first-order valence-electron chi connectivity index (χ1n) is 7.66. The Balaban J connectivity index is 2.11. The zero-order valence-corrected chi connectivity index (χ0v) is 14.1. The van der Waals surface area contributed by atoms with E-state index in [0.717, 1.165) is 22.6 Å². The highest BCUT2D eigenvalue weighted by Crippen LogP contribution is 2.36. The van der Waals surface area contributed by atoms with Crippen LogP contribution in [-0.2, 0) is 19.0 Å². The van der Waals surface area contributed by atoms with Crippen LogP contribution in [0.15, 0.2) is 40.8 Å². The SMILES string of the molecule is CCc1c(Cc2ccc(Cl)cc2C(F)(F)F)oc2cc(C)ccc12. The number of furan rings is 1. The topological polar surface area (TPSA) is 13.1 Å². The Morgan fingerprint density at radius 1 is 1.08 bits per heavy atom. The van der Waals surface area contributed by atoms with Gasteiger partial charge in [-0.15, -0.1) is 0 Å². The summed E-state index contributed by atoms with van der Waals surface area (Å²) in [5.74, 6) is 0.575. The second-order valence-electron chi connectivity index (χ2n) is 5.83. The van der Waals surface area contributed by atoms with E-state index in [9.17, 15) is 13.2 Å². The van der Waals surface area contributed by atoms with Crippen molar-refractivity contribution in [2.45, 2.75) is 32.9 Å². The molecule has 24 heavy (non-hydrogen) atoms. The number of hydrogen-bond donors (Lipinski definition) is 0. The van der Waals surface area contributed by atoms with Crippen molar-refractivity contribution < 1.29 is 17.6 Å². The average Bonchev–Trinajstić information content (AvgIpc) is 2.84. The summed E-state index contributed by atoms with van der Waals surface area (Å²) in [6.45, 7) is 3.92. The molecular formula is C19H16ClF3O. The number of fused-ring (bicyclic) bond motifs is 1. The first-order chi connectivity index (χ1) is 11.3. The van der Waals surface area contributed by atoms with Gasteiger partial charge in [-0.1, -0.05) is 36.7 Å². The fourth-order valence-corrected chi connectivity index (χ4v) is 3.15. The van der Waals surface area contributed by atoms with E-state index in [1.54, 1.807) is 0 Å². The van der Waals surface area contributed by atoms with Crippen molar-refractivity contribution in [2.24, 2.45) is 0 Å². The molecule has 0 saturated heterocycles. The Kier molecular flexibility index (Phi) is 4.35. The minimum Gasteiger partial charge on any atom is -0.460 e. The van der Waals surface area contributed by atoms with Crippen molar-refractivity contribution in [1.82, 2.24) is 0 Å². The molecule has 3 aromatic rings. The smallest absolute Gasteiger partial charge is 0.416 e. The van der Waals surface area contributed by atoms with Crippen LogP contribution in [0.25, 0.3) is 11.0 Å². The standard InChI is InChI=1S/C19H16ClF3O/c1-3-14-15-7-4-11(2)8-17(15)24-18(14)9-12-5-6-13(20)10-16(12)19(21,22)23/h4-8,10H,3,9H2,1-2H3. The lowest BCUT2D eigenvalue weighted by Gasteiger charge is -2.13. The summed E-state index contributed by atoms with van der Waals surface area (Å²) in [4.78, 5) is 0. The highest BCUT2D eigenvalue weighted by molar-refractivity contribution is 6.30. The van der Waals surface area contributed by atoms with Crippen molar-refractivity contribution in [3.8, 4) is 0 Å². The van der Waals surface area contributed by atoms with Gasteiger partial charge in [0.25, 0.3) is 0 Å². The molecule has 1 nitrogen and oxygen atoms in total. The van der Waals surface area contributed by atoms with E-state index < -0.39 is 11.7 Å². The number of rotatable bonds is 3. The van der Waals surface area contributed by atoms with Crippen LogP contribution in [0.3, 0.4) is 0 Å². The molecule has 126 valence electrons. The van der Waals surface area contributed by atoms with Crippen molar-refractivity contribution in [3.63, 3.8) is 0 Å². The van der Waals surface area contributed by atoms with Gasteiger partial charge in [0, 0.05) is 22.4 Å². The molecule has 2 aromatic carbocycles. The third-order valence-electron chi connectivity index (χ3n) is 4.11. The number of hydrogen-bond acceptors (Lipinski definition) is 1. The third kappa shape index (κ3) is 3.16. The molecule has 0 unspecified atom stereocenters. The second-order valence-corrected chi connectivity index (χ2v) is 6.27. The van der Waals surface area contributed by atoms with Crippen LogP contribution in [0.2, 0.25) is 5.02 Å². The number of alkyl halides is 3. The molecule has 0 saturated carbocycles. The molecule has 0 radical (unpaired) electrons. The Labute approximate surface area is 143 Å². The van der Waals surface area contributed by atoms with Gasteiger partial charge < -0.3 is 4.42 Å². The fraction of sp³-hybridized carbons (Fsp3) is 0.263. The largest absolute Gasteiger partial charge is 0.460 e. The van der Waals surface area contributed by atoms with Gasteiger partial charge in [-0.2, -0.15) is 13.2 Å². The van der Waals surface area contributed by atoms with Gasteiger partial charge in [-0.05, 0) is 42.7 Å². The van der Waals surface area contributed by atoms with E-state index in [0.29, 0.717) is 17.8 Å². The van der Waals surface area contributed by atoms with Crippen LogP contribution in [-0.4, -0.2) is 0 Å². The highest BCUT2D eigenvalue weighted by Gasteiger charge is 2.34. The average molecular weight is 353 g/mol. The van der Waals surface area contributed by atoms with Crippen LogP contribution in [0.1, 0.15) is 34.9 Å². The van der Waals surface area contributed by atoms with E-state index in [-0.39, 0.29) is 17.0 Å². The molecule has 0 amide bonds. The van der Waals surface area contributed by atoms with Crippen LogP contribution in [0, 0.1) is 6.92 Å². The zero-order chi connectivity index (χ0) is 17.5. The van der Waals surface area contributed by atoms with Gasteiger partial charge in [-0.25, -0.2) is 0 Å². The molecule has 1 heterocycles. The first-order valence-corrected chi connectivity index (χ1v) is 8.04.